The summed E-state index contributed by atoms with van der Waals surface area (Å²) >= 11 is 0. The van der Waals surface area contributed by atoms with Crippen LogP contribution in [-0.2, 0) is 0 Å². The largest absolute Gasteiger partial charge is 0.508 e. The number of benzene rings is 1. The van der Waals surface area contributed by atoms with Crippen LogP contribution in [-0.4, -0.2) is 53.2 Å². The highest BCUT2D eigenvalue weighted by molar-refractivity contribution is 5.77. The van der Waals surface area contributed by atoms with E-state index in [0.717, 1.165) is 32.6 Å². The highest BCUT2D eigenvalue weighted by Crippen LogP contribution is 2.28. The normalized spacial score (nSPS) is 24.4. The molecule has 5 heteroatoms. The van der Waals surface area contributed by atoms with Crippen molar-refractivity contribution in [3.8, 4) is 5.75 Å². The lowest BCUT2D eigenvalue weighted by Gasteiger charge is -2.40. The van der Waals surface area contributed by atoms with E-state index in [2.05, 4.69) is 17.1 Å². The third-order valence-corrected chi connectivity index (χ3v) is 4.37. The number of nitrogens with one attached hydrogen (secondary N) is 1. The number of carbonyl (C=O) groups is 1. The number of urea groups is 1. The number of nitrogens with zero attached hydrogens (tertiary/aromatic N) is 2. The van der Waals surface area contributed by atoms with Gasteiger partial charge in [-0.15, -0.1) is 0 Å². The molecule has 0 aromatic heterocycles. The molecule has 0 bridgehead atoms. The number of phenolic OH excluding ortho intramolecular Hbond substituents is 1. The van der Waals surface area contributed by atoms with Crippen molar-refractivity contribution in [1.29, 1.82) is 0 Å². The van der Waals surface area contributed by atoms with Crippen LogP contribution in [0, 0.1) is 0 Å². The first kappa shape index (κ1) is 13.2. The molecule has 2 aliphatic heterocycles. The Morgan fingerprint density at radius 1 is 1.35 bits per heavy atom. The van der Waals surface area contributed by atoms with Crippen LogP contribution in [0.5, 0.6) is 5.75 Å². The van der Waals surface area contributed by atoms with Crippen molar-refractivity contribution < 1.29 is 9.90 Å². The summed E-state index contributed by atoms with van der Waals surface area (Å²) in [7, 11) is 0. The highest BCUT2D eigenvalue weighted by atomic mass is 16.3. The molecule has 2 atom stereocenters. The van der Waals surface area contributed by atoms with Gasteiger partial charge in [-0.2, -0.15) is 0 Å². The third kappa shape index (κ3) is 2.33. The van der Waals surface area contributed by atoms with Gasteiger partial charge in [0.2, 0.25) is 0 Å². The molecule has 0 saturated carbocycles. The first-order valence-corrected chi connectivity index (χ1v) is 7.26. The fourth-order valence-corrected chi connectivity index (χ4v) is 3.31. The number of phenols is 1. The molecule has 1 aromatic carbocycles. The monoisotopic (exact) mass is 275 g/mol. The van der Waals surface area contributed by atoms with Crippen LogP contribution < -0.4 is 5.32 Å². The zero-order valence-electron chi connectivity index (χ0n) is 11.7. The lowest BCUT2D eigenvalue weighted by atomic mass is 10.0. The number of hydrogen-bond acceptors (Lipinski definition) is 3. The van der Waals surface area contributed by atoms with Gasteiger partial charge < -0.3 is 15.3 Å². The fraction of sp³-hybridized carbons (Fsp3) is 0.533. The second kappa shape index (κ2) is 5.32. The van der Waals surface area contributed by atoms with Crippen LogP contribution in [0.4, 0.5) is 4.79 Å². The molecule has 0 radical (unpaired) electrons. The van der Waals surface area contributed by atoms with Crippen LogP contribution in [0.15, 0.2) is 24.3 Å². The standard InChI is InChI=1S/C15H21N3O2/c1-2-14(11-3-5-13(19)6-4-11)17-7-8-18-12(10-17)9-16-15(18)20/h3-6,12,14,19H,2,7-10H2,1H3,(H,16,20). The van der Waals surface area contributed by atoms with Gasteiger partial charge in [-0.25, -0.2) is 4.79 Å². The van der Waals surface area contributed by atoms with Gasteiger partial charge in [0.1, 0.15) is 5.75 Å². The lowest BCUT2D eigenvalue weighted by molar-refractivity contribution is 0.0860. The average Bonchev–Trinajstić information content (AvgIpc) is 2.83. The van der Waals surface area contributed by atoms with E-state index < -0.39 is 0 Å². The summed E-state index contributed by atoms with van der Waals surface area (Å²) in [5.41, 5.74) is 1.23. The summed E-state index contributed by atoms with van der Waals surface area (Å²) in [5.74, 6) is 0.305. The number of rotatable bonds is 3. The zero-order chi connectivity index (χ0) is 14.1. The summed E-state index contributed by atoms with van der Waals surface area (Å²) in [6.07, 6.45) is 1.03. The first-order valence-electron chi connectivity index (χ1n) is 7.26. The molecule has 2 fully saturated rings. The van der Waals surface area contributed by atoms with Crippen LogP contribution in [0.3, 0.4) is 0 Å². The molecule has 20 heavy (non-hydrogen) atoms. The molecular formula is C15H21N3O2. The highest BCUT2D eigenvalue weighted by Gasteiger charge is 2.37. The summed E-state index contributed by atoms with van der Waals surface area (Å²) in [4.78, 5) is 16.0. The minimum atomic E-state index is 0.0762. The number of carbonyl (C=O) groups excluding carboxylic acids is 1. The second-order valence-electron chi connectivity index (χ2n) is 5.54. The fourth-order valence-electron chi connectivity index (χ4n) is 3.31. The van der Waals surface area contributed by atoms with E-state index in [1.807, 2.05) is 17.0 Å². The molecule has 3 rings (SSSR count). The van der Waals surface area contributed by atoms with Gasteiger partial charge in [0.05, 0.1) is 6.04 Å². The Bertz CT molecular complexity index is 488. The number of piperazine rings is 1. The van der Waals surface area contributed by atoms with E-state index in [1.165, 1.54) is 5.56 Å². The molecular weight excluding hydrogens is 254 g/mol. The second-order valence-corrected chi connectivity index (χ2v) is 5.54. The van der Waals surface area contributed by atoms with Gasteiger partial charge in [0.15, 0.2) is 0 Å². The van der Waals surface area contributed by atoms with Gasteiger partial charge >= 0.3 is 6.03 Å². The van der Waals surface area contributed by atoms with Gasteiger partial charge in [-0.3, -0.25) is 4.90 Å². The number of amides is 2. The van der Waals surface area contributed by atoms with Crippen LogP contribution >= 0.6 is 0 Å². The Hall–Kier alpha value is -1.75. The maximum atomic E-state index is 11.6. The van der Waals surface area contributed by atoms with Gasteiger partial charge in [-0.05, 0) is 24.1 Å². The molecule has 2 N–H and O–H groups in total. The smallest absolute Gasteiger partial charge is 0.317 e. The molecule has 0 aliphatic carbocycles. The maximum absolute atomic E-state index is 11.6. The average molecular weight is 275 g/mol. The Labute approximate surface area is 119 Å². The summed E-state index contributed by atoms with van der Waals surface area (Å²) in [6, 6.07) is 8.20. The summed E-state index contributed by atoms with van der Waals surface area (Å²) < 4.78 is 0. The Balaban J connectivity index is 1.74. The van der Waals surface area contributed by atoms with Crippen LogP contribution in [0.1, 0.15) is 24.9 Å². The van der Waals surface area contributed by atoms with Crippen LogP contribution in [0.25, 0.3) is 0 Å². The quantitative estimate of drug-likeness (QED) is 0.880. The maximum Gasteiger partial charge on any atom is 0.317 e. The van der Waals surface area contributed by atoms with Crippen molar-refractivity contribution in [1.82, 2.24) is 15.1 Å². The molecule has 2 unspecified atom stereocenters. The van der Waals surface area contributed by atoms with E-state index in [4.69, 9.17) is 0 Å². The van der Waals surface area contributed by atoms with Crippen molar-refractivity contribution in [2.75, 3.05) is 26.2 Å². The van der Waals surface area contributed by atoms with E-state index in [1.54, 1.807) is 12.1 Å². The van der Waals surface area contributed by atoms with E-state index >= 15 is 0 Å². The van der Waals surface area contributed by atoms with E-state index in [9.17, 15) is 9.90 Å². The number of aromatic hydroxyl groups is 1. The molecule has 0 spiro atoms. The van der Waals surface area contributed by atoms with Gasteiger partial charge in [0, 0.05) is 32.2 Å². The lowest BCUT2D eigenvalue weighted by Crippen LogP contribution is -2.52. The SMILES string of the molecule is CCC(c1ccc(O)cc1)N1CCN2C(=O)NCC2C1. The molecule has 108 valence electrons. The van der Waals surface area contributed by atoms with E-state index in [-0.39, 0.29) is 6.03 Å². The van der Waals surface area contributed by atoms with Gasteiger partial charge in [0.25, 0.3) is 0 Å². The molecule has 2 saturated heterocycles. The molecule has 5 nitrogen and oxygen atoms in total. The van der Waals surface area contributed by atoms with Crippen molar-refractivity contribution >= 4 is 6.03 Å². The summed E-state index contributed by atoms with van der Waals surface area (Å²) in [5, 5.41) is 12.3. The predicted molar refractivity (Wildman–Crippen MR) is 76.6 cm³/mol. The number of fused-ring (bicyclic) bond motifs is 1. The molecule has 2 heterocycles. The minimum Gasteiger partial charge on any atom is -0.508 e. The zero-order valence-corrected chi connectivity index (χ0v) is 11.7. The summed E-state index contributed by atoms with van der Waals surface area (Å²) in [6.45, 7) is 5.55. The third-order valence-electron chi connectivity index (χ3n) is 4.37. The predicted octanol–water partition coefficient (Wildman–Crippen LogP) is 1.55. The number of hydrogen-bond donors (Lipinski definition) is 2. The van der Waals surface area contributed by atoms with Crippen molar-refractivity contribution in [3.05, 3.63) is 29.8 Å². The van der Waals surface area contributed by atoms with Gasteiger partial charge in [-0.1, -0.05) is 19.1 Å². The topological polar surface area (TPSA) is 55.8 Å². The Kier molecular flexibility index (Phi) is 3.53. The van der Waals surface area contributed by atoms with E-state index in [0.29, 0.717) is 17.8 Å². The first-order chi connectivity index (χ1) is 9.69. The molecule has 2 amide bonds. The van der Waals surface area contributed by atoms with Crippen molar-refractivity contribution in [3.63, 3.8) is 0 Å². The van der Waals surface area contributed by atoms with Crippen molar-refractivity contribution in [2.24, 2.45) is 0 Å². The molecule has 1 aromatic rings. The molecule has 2 aliphatic rings. The Morgan fingerprint density at radius 2 is 2.10 bits per heavy atom. The van der Waals surface area contributed by atoms with Crippen molar-refractivity contribution in [2.45, 2.75) is 25.4 Å². The Morgan fingerprint density at radius 3 is 2.80 bits per heavy atom. The minimum absolute atomic E-state index is 0.0762. The van der Waals surface area contributed by atoms with Crippen LogP contribution in [0.2, 0.25) is 0 Å².